The fourth-order valence-corrected chi connectivity index (χ4v) is 3.14. The van der Waals surface area contributed by atoms with Gasteiger partial charge in [0.15, 0.2) is 5.43 Å². The SMILES string of the molecule is O=C(O)c1ccc(C=C2CCc3c2oc2cc(O)ccc2c3=O)cc1. The second-order valence-electron chi connectivity index (χ2n) is 6.02. The summed E-state index contributed by atoms with van der Waals surface area (Å²) in [5, 5.41) is 19.0. The third-order valence-electron chi connectivity index (χ3n) is 4.40. The number of carboxylic acid groups (broad SMARTS) is 1. The predicted molar refractivity (Wildman–Crippen MR) is 93.7 cm³/mol. The third-order valence-corrected chi connectivity index (χ3v) is 4.40. The lowest BCUT2D eigenvalue weighted by Crippen LogP contribution is -2.08. The summed E-state index contributed by atoms with van der Waals surface area (Å²) in [5.41, 5.74) is 2.89. The normalized spacial score (nSPS) is 14.8. The second kappa shape index (κ2) is 5.63. The first-order chi connectivity index (χ1) is 12.0. The standard InChI is InChI=1S/C20H14O5/c21-14-6-8-15-17(10-14)25-19-13(5-7-16(19)18(15)22)9-11-1-3-12(4-2-11)20(23)24/h1-4,6,8-10,21H,5,7H2,(H,23,24). The molecule has 2 N–H and O–H groups in total. The Morgan fingerprint density at radius 2 is 1.84 bits per heavy atom. The van der Waals surface area contributed by atoms with E-state index < -0.39 is 5.97 Å². The highest BCUT2D eigenvalue weighted by atomic mass is 16.4. The minimum absolute atomic E-state index is 0.0448. The van der Waals surface area contributed by atoms with Gasteiger partial charge in [-0.2, -0.15) is 0 Å². The van der Waals surface area contributed by atoms with Gasteiger partial charge < -0.3 is 14.6 Å². The lowest BCUT2D eigenvalue weighted by atomic mass is 10.1. The van der Waals surface area contributed by atoms with E-state index in [4.69, 9.17) is 9.52 Å². The molecule has 0 amide bonds. The first-order valence-electron chi connectivity index (χ1n) is 7.86. The van der Waals surface area contributed by atoms with E-state index in [2.05, 4.69) is 0 Å². The molecule has 1 heterocycles. The van der Waals surface area contributed by atoms with Crippen LogP contribution in [0.3, 0.4) is 0 Å². The van der Waals surface area contributed by atoms with Crippen molar-refractivity contribution in [1.82, 2.24) is 0 Å². The molecule has 1 aliphatic rings. The summed E-state index contributed by atoms with van der Waals surface area (Å²) >= 11 is 0. The molecule has 0 radical (unpaired) electrons. The van der Waals surface area contributed by atoms with Crippen LogP contribution in [0.1, 0.15) is 33.7 Å². The molecule has 3 aromatic rings. The number of rotatable bonds is 2. The number of carbonyl (C=O) groups is 1. The van der Waals surface area contributed by atoms with E-state index in [9.17, 15) is 14.7 Å². The molecule has 0 aliphatic heterocycles. The van der Waals surface area contributed by atoms with Crippen LogP contribution in [0.5, 0.6) is 5.75 Å². The van der Waals surface area contributed by atoms with Crippen LogP contribution in [-0.2, 0) is 6.42 Å². The Bertz CT molecular complexity index is 1090. The van der Waals surface area contributed by atoms with Crippen molar-refractivity contribution in [2.24, 2.45) is 0 Å². The van der Waals surface area contributed by atoms with Crippen LogP contribution in [0.25, 0.3) is 22.6 Å². The van der Waals surface area contributed by atoms with Gasteiger partial charge >= 0.3 is 5.97 Å². The number of benzene rings is 2. The van der Waals surface area contributed by atoms with Crippen LogP contribution in [0.4, 0.5) is 0 Å². The highest BCUT2D eigenvalue weighted by Crippen LogP contribution is 2.34. The zero-order chi connectivity index (χ0) is 17.6. The van der Waals surface area contributed by atoms with Crippen molar-refractivity contribution in [2.75, 3.05) is 0 Å². The lowest BCUT2D eigenvalue weighted by Gasteiger charge is -2.04. The van der Waals surface area contributed by atoms with Crippen molar-refractivity contribution in [3.8, 4) is 5.75 Å². The van der Waals surface area contributed by atoms with E-state index in [-0.39, 0.29) is 16.7 Å². The fourth-order valence-electron chi connectivity index (χ4n) is 3.14. The van der Waals surface area contributed by atoms with Crippen LogP contribution in [0.2, 0.25) is 0 Å². The van der Waals surface area contributed by atoms with Gasteiger partial charge in [0.2, 0.25) is 0 Å². The number of aromatic carboxylic acids is 1. The first-order valence-corrected chi connectivity index (χ1v) is 7.86. The zero-order valence-corrected chi connectivity index (χ0v) is 13.2. The third kappa shape index (κ3) is 2.59. The molecule has 0 saturated heterocycles. The van der Waals surface area contributed by atoms with Crippen molar-refractivity contribution < 1.29 is 19.4 Å². The van der Waals surface area contributed by atoms with Crippen LogP contribution < -0.4 is 5.43 Å². The number of phenols is 1. The van der Waals surface area contributed by atoms with Crippen LogP contribution in [0.15, 0.2) is 51.7 Å². The molecular formula is C20H14O5. The molecule has 0 fully saturated rings. The lowest BCUT2D eigenvalue weighted by molar-refractivity contribution is 0.0697. The largest absolute Gasteiger partial charge is 0.508 e. The number of allylic oxidation sites excluding steroid dienone is 1. The molecule has 0 saturated carbocycles. The van der Waals surface area contributed by atoms with Gasteiger partial charge in [-0.3, -0.25) is 4.79 Å². The van der Waals surface area contributed by atoms with Gasteiger partial charge in [-0.1, -0.05) is 12.1 Å². The number of hydrogen-bond acceptors (Lipinski definition) is 4. The fraction of sp³-hybridized carbons (Fsp3) is 0.100. The quantitative estimate of drug-likeness (QED) is 0.746. The molecule has 5 nitrogen and oxygen atoms in total. The first kappa shape index (κ1) is 15.2. The summed E-state index contributed by atoms with van der Waals surface area (Å²) in [6, 6.07) is 11.0. The Labute approximate surface area is 142 Å². The summed E-state index contributed by atoms with van der Waals surface area (Å²) in [5.74, 6) is -0.378. The average Bonchev–Trinajstić information content (AvgIpc) is 2.98. The van der Waals surface area contributed by atoms with Gasteiger partial charge in [0.25, 0.3) is 0 Å². The van der Waals surface area contributed by atoms with E-state index in [1.54, 1.807) is 30.3 Å². The Balaban J connectivity index is 1.82. The minimum Gasteiger partial charge on any atom is -0.508 e. The van der Waals surface area contributed by atoms with Gasteiger partial charge in [0.05, 0.1) is 10.9 Å². The molecule has 4 rings (SSSR count). The summed E-state index contributed by atoms with van der Waals surface area (Å²) < 4.78 is 5.89. The van der Waals surface area contributed by atoms with Crippen LogP contribution in [0, 0.1) is 0 Å². The molecule has 124 valence electrons. The molecule has 0 atom stereocenters. The number of carboxylic acids is 1. The predicted octanol–water partition coefficient (Wildman–Crippen LogP) is 3.68. The van der Waals surface area contributed by atoms with E-state index in [0.717, 1.165) is 11.1 Å². The zero-order valence-electron chi connectivity index (χ0n) is 13.2. The molecule has 5 heteroatoms. The monoisotopic (exact) mass is 334 g/mol. The molecule has 2 aromatic carbocycles. The molecule has 0 spiro atoms. The van der Waals surface area contributed by atoms with E-state index in [1.165, 1.54) is 12.1 Å². The highest BCUT2D eigenvalue weighted by Gasteiger charge is 2.24. The number of fused-ring (bicyclic) bond motifs is 2. The second-order valence-corrected chi connectivity index (χ2v) is 6.02. The highest BCUT2D eigenvalue weighted by molar-refractivity contribution is 5.89. The maximum atomic E-state index is 12.6. The molecule has 25 heavy (non-hydrogen) atoms. The average molecular weight is 334 g/mol. The van der Waals surface area contributed by atoms with E-state index in [0.29, 0.717) is 35.1 Å². The molecular weight excluding hydrogens is 320 g/mol. The van der Waals surface area contributed by atoms with Crippen molar-refractivity contribution >= 4 is 28.6 Å². The maximum Gasteiger partial charge on any atom is 0.335 e. The number of hydrogen-bond donors (Lipinski definition) is 2. The van der Waals surface area contributed by atoms with Gasteiger partial charge in [-0.25, -0.2) is 4.79 Å². The molecule has 0 unspecified atom stereocenters. The van der Waals surface area contributed by atoms with E-state index >= 15 is 0 Å². The Hall–Kier alpha value is -3.34. The van der Waals surface area contributed by atoms with Crippen molar-refractivity contribution in [2.45, 2.75) is 12.8 Å². The summed E-state index contributed by atoms with van der Waals surface area (Å²) in [6.07, 6.45) is 3.18. The molecule has 1 aliphatic carbocycles. The van der Waals surface area contributed by atoms with Gasteiger partial charge in [-0.15, -0.1) is 0 Å². The summed E-state index contributed by atoms with van der Waals surface area (Å²) in [7, 11) is 0. The minimum atomic E-state index is -0.970. The smallest absolute Gasteiger partial charge is 0.335 e. The molecule has 1 aromatic heterocycles. The topological polar surface area (TPSA) is 87.7 Å². The molecule has 0 bridgehead atoms. The summed E-state index contributed by atoms with van der Waals surface area (Å²) in [4.78, 5) is 23.5. The number of phenolic OH excluding ortho intramolecular Hbond substituents is 1. The van der Waals surface area contributed by atoms with Crippen LogP contribution >= 0.6 is 0 Å². The number of aromatic hydroxyl groups is 1. The van der Waals surface area contributed by atoms with Crippen molar-refractivity contribution in [1.29, 1.82) is 0 Å². The Morgan fingerprint density at radius 3 is 2.56 bits per heavy atom. The summed E-state index contributed by atoms with van der Waals surface area (Å²) in [6.45, 7) is 0. The van der Waals surface area contributed by atoms with Crippen LogP contribution in [-0.4, -0.2) is 16.2 Å². The van der Waals surface area contributed by atoms with Gasteiger partial charge in [0, 0.05) is 11.6 Å². The maximum absolute atomic E-state index is 12.6. The van der Waals surface area contributed by atoms with E-state index in [1.807, 2.05) is 6.08 Å². The van der Waals surface area contributed by atoms with Gasteiger partial charge in [0.1, 0.15) is 17.1 Å². The van der Waals surface area contributed by atoms with Gasteiger partial charge in [-0.05, 0) is 54.3 Å². The Morgan fingerprint density at radius 1 is 1.08 bits per heavy atom. The Kier molecular flexibility index (Phi) is 3.42. The van der Waals surface area contributed by atoms with Crippen molar-refractivity contribution in [3.05, 3.63) is 75.1 Å². The van der Waals surface area contributed by atoms with Crippen molar-refractivity contribution in [3.63, 3.8) is 0 Å².